The number of methoxy groups -OCH3 is 1. The van der Waals surface area contributed by atoms with Crippen LogP contribution in [0.5, 0.6) is 0 Å². The molecule has 0 fully saturated rings. The van der Waals surface area contributed by atoms with Crippen LogP contribution in [0.15, 0.2) is 22.9 Å². The van der Waals surface area contributed by atoms with Gasteiger partial charge in [0.15, 0.2) is 0 Å². The predicted molar refractivity (Wildman–Crippen MR) is 89.5 cm³/mol. The Morgan fingerprint density at radius 1 is 1.36 bits per heavy atom. The summed E-state index contributed by atoms with van der Waals surface area (Å²) in [6, 6.07) is 5.31. The first-order chi connectivity index (χ1) is 12.0. The molecule has 0 spiro atoms. The molecule has 0 bridgehead atoms. The van der Waals surface area contributed by atoms with E-state index in [1.54, 1.807) is 19.3 Å². The molecule has 25 heavy (non-hydrogen) atoms. The number of rotatable bonds is 3. The minimum absolute atomic E-state index is 0.0669. The third kappa shape index (κ3) is 2.72. The Labute approximate surface area is 143 Å². The number of nitrogen functional groups attached to an aromatic ring is 1. The molecule has 0 aliphatic carbocycles. The minimum atomic E-state index is -0.584. The second kappa shape index (κ2) is 6.13. The van der Waals surface area contributed by atoms with Gasteiger partial charge in [-0.2, -0.15) is 5.26 Å². The zero-order valence-electron chi connectivity index (χ0n) is 13.9. The van der Waals surface area contributed by atoms with Crippen molar-refractivity contribution in [2.75, 3.05) is 12.8 Å². The fourth-order valence-electron chi connectivity index (χ4n) is 2.58. The van der Waals surface area contributed by atoms with E-state index in [-0.39, 0.29) is 17.1 Å². The van der Waals surface area contributed by atoms with Gasteiger partial charge in [-0.25, -0.2) is 14.8 Å². The molecule has 3 aromatic rings. The lowest BCUT2D eigenvalue weighted by Crippen LogP contribution is -2.01. The number of hydrogen-bond acceptors (Lipinski definition) is 7. The van der Waals surface area contributed by atoms with Crippen LogP contribution >= 0.6 is 0 Å². The molecule has 0 atom stereocenters. The fourth-order valence-corrected chi connectivity index (χ4v) is 2.58. The van der Waals surface area contributed by atoms with Crippen LogP contribution in [0.2, 0.25) is 0 Å². The van der Waals surface area contributed by atoms with Gasteiger partial charge in [0.25, 0.3) is 0 Å². The lowest BCUT2D eigenvalue weighted by molar-refractivity contribution is 0.0563. The summed E-state index contributed by atoms with van der Waals surface area (Å²) in [6.07, 6.45) is 1.54. The number of imidazole rings is 1. The Morgan fingerprint density at radius 2 is 2.12 bits per heavy atom. The van der Waals surface area contributed by atoms with E-state index in [2.05, 4.69) is 25.8 Å². The van der Waals surface area contributed by atoms with Crippen molar-refractivity contribution in [1.29, 1.82) is 5.26 Å². The van der Waals surface area contributed by atoms with Crippen molar-refractivity contribution in [3.05, 3.63) is 41.2 Å². The van der Waals surface area contributed by atoms with Crippen LogP contribution < -0.4 is 5.73 Å². The number of esters is 1. The molecule has 0 saturated heterocycles. The van der Waals surface area contributed by atoms with Gasteiger partial charge >= 0.3 is 5.97 Å². The van der Waals surface area contributed by atoms with Gasteiger partial charge in [0, 0.05) is 22.9 Å². The molecule has 0 radical (unpaired) electrons. The first-order valence-corrected chi connectivity index (χ1v) is 7.36. The summed E-state index contributed by atoms with van der Waals surface area (Å²) < 4.78 is 10.1. The molecule has 0 amide bonds. The molecular weight excluding hydrogens is 322 g/mol. The van der Waals surface area contributed by atoms with Crippen LogP contribution in [0.3, 0.4) is 0 Å². The highest BCUT2D eigenvalue weighted by molar-refractivity contribution is 5.89. The van der Waals surface area contributed by atoms with Crippen molar-refractivity contribution in [2.24, 2.45) is 0 Å². The van der Waals surface area contributed by atoms with Crippen LogP contribution in [0.4, 0.5) is 5.82 Å². The lowest BCUT2D eigenvalue weighted by atomic mass is 10.0. The van der Waals surface area contributed by atoms with E-state index < -0.39 is 5.97 Å². The van der Waals surface area contributed by atoms with Gasteiger partial charge in [-0.05, 0) is 19.9 Å². The van der Waals surface area contributed by atoms with Gasteiger partial charge in [-0.3, -0.25) is 0 Å². The van der Waals surface area contributed by atoms with Crippen molar-refractivity contribution < 1.29 is 13.9 Å². The smallest absolute Gasteiger partial charge is 0.373 e. The van der Waals surface area contributed by atoms with Gasteiger partial charge in [0.05, 0.1) is 24.8 Å². The number of carbonyl (C=O) groups is 1. The predicted octanol–water partition coefficient (Wildman–Crippen LogP) is 2.59. The standard InChI is InChI=1S/C17H15N5O3/c1-8-15(21-7-20-8)11-4-13(22-16(19)12(11)6-18)10-5-14(17(23)24-3)25-9(10)2/h4-5,7H,1-3H3,(H2,19,22)(H,20,21). The average molecular weight is 337 g/mol. The fraction of sp³-hybridized carbons (Fsp3) is 0.176. The molecule has 0 aliphatic rings. The minimum Gasteiger partial charge on any atom is -0.463 e. The van der Waals surface area contributed by atoms with Crippen LogP contribution in [-0.2, 0) is 4.74 Å². The third-order valence-corrected chi connectivity index (χ3v) is 3.82. The Hall–Kier alpha value is -3.60. The quantitative estimate of drug-likeness (QED) is 0.702. The van der Waals surface area contributed by atoms with E-state index >= 15 is 0 Å². The van der Waals surface area contributed by atoms with Gasteiger partial charge < -0.3 is 19.9 Å². The second-order valence-electron chi connectivity index (χ2n) is 5.38. The van der Waals surface area contributed by atoms with Gasteiger partial charge in [0.1, 0.15) is 23.2 Å². The maximum Gasteiger partial charge on any atom is 0.373 e. The second-order valence-corrected chi connectivity index (χ2v) is 5.38. The number of pyridine rings is 1. The summed E-state index contributed by atoms with van der Waals surface area (Å²) in [4.78, 5) is 23.2. The highest BCUT2D eigenvalue weighted by Gasteiger charge is 2.21. The summed E-state index contributed by atoms with van der Waals surface area (Å²) in [5.41, 5.74) is 9.25. The highest BCUT2D eigenvalue weighted by Crippen LogP contribution is 2.33. The molecule has 0 aromatic carbocycles. The Morgan fingerprint density at radius 3 is 2.72 bits per heavy atom. The summed E-state index contributed by atoms with van der Waals surface area (Å²) in [5.74, 6) is 0.0518. The number of anilines is 1. The molecule has 0 saturated carbocycles. The number of ether oxygens (including phenoxy) is 1. The van der Waals surface area contributed by atoms with Crippen LogP contribution in [0.25, 0.3) is 22.5 Å². The zero-order chi connectivity index (χ0) is 18.1. The number of nitrogens with zero attached hydrogens (tertiary/aromatic N) is 3. The monoisotopic (exact) mass is 337 g/mol. The molecule has 3 N–H and O–H groups in total. The summed E-state index contributed by atoms with van der Waals surface area (Å²) >= 11 is 0. The van der Waals surface area contributed by atoms with E-state index in [0.29, 0.717) is 28.3 Å². The van der Waals surface area contributed by atoms with Gasteiger partial charge in [-0.15, -0.1) is 0 Å². The van der Waals surface area contributed by atoms with Crippen molar-refractivity contribution in [1.82, 2.24) is 15.0 Å². The highest BCUT2D eigenvalue weighted by atomic mass is 16.5. The first-order valence-electron chi connectivity index (χ1n) is 7.36. The molecule has 3 rings (SSSR count). The van der Waals surface area contributed by atoms with Gasteiger partial charge in [-0.1, -0.05) is 0 Å². The molecule has 126 valence electrons. The van der Waals surface area contributed by atoms with Crippen LogP contribution in [0.1, 0.15) is 27.6 Å². The largest absolute Gasteiger partial charge is 0.463 e. The molecule has 3 aromatic heterocycles. The molecule has 8 heteroatoms. The Balaban J connectivity index is 2.21. The topological polar surface area (TPSA) is 131 Å². The molecular formula is C17H15N5O3. The molecule has 0 aliphatic heterocycles. The van der Waals surface area contributed by atoms with Crippen LogP contribution in [0, 0.1) is 25.2 Å². The summed E-state index contributed by atoms with van der Waals surface area (Å²) in [7, 11) is 1.27. The number of nitriles is 1. The number of nitrogens with one attached hydrogen (secondary N) is 1. The Kier molecular flexibility index (Phi) is 3.99. The number of carbonyl (C=O) groups excluding carboxylic acids is 1. The maximum absolute atomic E-state index is 11.7. The summed E-state index contributed by atoms with van der Waals surface area (Å²) in [5, 5.41) is 9.43. The number of nitrogens with two attached hydrogens (primary N) is 1. The van der Waals surface area contributed by atoms with E-state index in [1.165, 1.54) is 13.2 Å². The molecule has 8 nitrogen and oxygen atoms in total. The average Bonchev–Trinajstić information content (AvgIpc) is 3.19. The number of hydrogen-bond donors (Lipinski definition) is 2. The van der Waals surface area contributed by atoms with Gasteiger partial charge in [0.2, 0.25) is 5.76 Å². The normalized spacial score (nSPS) is 10.5. The Bertz CT molecular complexity index is 1010. The summed E-state index contributed by atoms with van der Waals surface area (Å²) in [6.45, 7) is 3.55. The van der Waals surface area contributed by atoms with E-state index in [1.807, 2.05) is 6.92 Å². The number of H-pyrrole nitrogens is 1. The van der Waals surface area contributed by atoms with Crippen molar-refractivity contribution in [3.8, 4) is 28.6 Å². The number of aromatic nitrogens is 3. The van der Waals surface area contributed by atoms with Crippen molar-refractivity contribution in [2.45, 2.75) is 13.8 Å². The lowest BCUT2D eigenvalue weighted by Gasteiger charge is -2.08. The maximum atomic E-state index is 11.7. The number of aryl methyl sites for hydroxylation is 2. The van der Waals surface area contributed by atoms with E-state index in [0.717, 1.165) is 5.69 Å². The van der Waals surface area contributed by atoms with Crippen molar-refractivity contribution >= 4 is 11.8 Å². The van der Waals surface area contributed by atoms with E-state index in [9.17, 15) is 10.1 Å². The third-order valence-electron chi connectivity index (χ3n) is 3.82. The number of aromatic amines is 1. The molecule has 3 heterocycles. The first kappa shape index (κ1) is 16.3. The van der Waals surface area contributed by atoms with Crippen LogP contribution in [-0.4, -0.2) is 28.0 Å². The van der Waals surface area contributed by atoms with E-state index in [4.69, 9.17) is 10.2 Å². The zero-order valence-corrected chi connectivity index (χ0v) is 13.9. The van der Waals surface area contributed by atoms with Crippen molar-refractivity contribution in [3.63, 3.8) is 0 Å². The molecule has 0 unspecified atom stereocenters. The number of furan rings is 1. The SMILES string of the molecule is COC(=O)c1cc(-c2cc(-c3nc[nH]c3C)c(C#N)c(N)n2)c(C)o1.